The third-order valence-electron chi connectivity index (χ3n) is 3.98. The molecule has 0 radical (unpaired) electrons. The second-order valence-corrected chi connectivity index (χ2v) is 11.2. The predicted octanol–water partition coefficient (Wildman–Crippen LogP) is 6.06. The molecular formula is C22H40N2O3S2. The monoisotopic (exact) mass is 444 g/mol. The Morgan fingerprint density at radius 2 is 1.41 bits per heavy atom. The second-order valence-electron chi connectivity index (χ2n) is 8.53. The van der Waals surface area contributed by atoms with Gasteiger partial charge in [0.2, 0.25) is 0 Å². The fourth-order valence-corrected chi connectivity index (χ4v) is 4.22. The van der Waals surface area contributed by atoms with Gasteiger partial charge >= 0.3 is 6.09 Å². The summed E-state index contributed by atoms with van der Waals surface area (Å²) in [5.74, 6) is 2.35. The van der Waals surface area contributed by atoms with Crippen LogP contribution < -0.4 is 10.6 Å². The van der Waals surface area contributed by atoms with Gasteiger partial charge in [0.15, 0.2) is 0 Å². The smallest absolute Gasteiger partial charge is 0.407 e. The third-order valence-corrected chi connectivity index (χ3v) is 6.39. The van der Waals surface area contributed by atoms with Gasteiger partial charge in [-0.15, -0.1) is 0 Å². The topological polar surface area (TPSA) is 67.4 Å². The molecule has 5 nitrogen and oxygen atoms in total. The van der Waals surface area contributed by atoms with Crippen LogP contribution in [0.3, 0.4) is 0 Å². The Morgan fingerprint density at radius 3 is 1.86 bits per heavy atom. The Hall–Kier alpha value is -1.34. The maximum Gasteiger partial charge on any atom is 0.407 e. The van der Waals surface area contributed by atoms with Crippen molar-refractivity contribution >= 4 is 33.6 Å². The summed E-state index contributed by atoms with van der Waals surface area (Å²) in [4.78, 5) is 24.1. The van der Waals surface area contributed by atoms with Crippen LogP contribution in [0.2, 0.25) is 0 Å². The lowest BCUT2D eigenvalue weighted by atomic mass is 9.93. The van der Waals surface area contributed by atoms with E-state index in [4.69, 9.17) is 4.74 Å². The minimum Gasteiger partial charge on any atom is -0.444 e. The lowest BCUT2D eigenvalue weighted by Gasteiger charge is -2.19. The molecule has 0 saturated carbocycles. The highest BCUT2D eigenvalue weighted by Gasteiger charge is 2.15. The number of benzene rings is 1. The molecule has 1 aromatic rings. The highest BCUT2D eigenvalue weighted by Crippen LogP contribution is 2.24. The average molecular weight is 445 g/mol. The van der Waals surface area contributed by atoms with Crippen LogP contribution in [0.15, 0.2) is 18.2 Å². The van der Waals surface area contributed by atoms with Crippen molar-refractivity contribution in [1.29, 1.82) is 0 Å². The number of alkyl carbamates (subject to hydrolysis) is 1. The van der Waals surface area contributed by atoms with E-state index < -0.39 is 5.60 Å². The van der Waals surface area contributed by atoms with E-state index in [2.05, 4.69) is 44.4 Å². The molecule has 0 saturated heterocycles. The molecule has 0 aliphatic rings. The van der Waals surface area contributed by atoms with Gasteiger partial charge in [0, 0.05) is 33.0 Å². The minimum atomic E-state index is -0.477. The third kappa shape index (κ3) is 10.8. The first-order chi connectivity index (χ1) is 13.5. The van der Waals surface area contributed by atoms with Gasteiger partial charge in [0.25, 0.3) is 5.91 Å². The zero-order valence-electron chi connectivity index (χ0n) is 18.8. The number of ether oxygens (including phenoxy) is 1. The van der Waals surface area contributed by atoms with E-state index in [-0.39, 0.29) is 14.9 Å². The summed E-state index contributed by atoms with van der Waals surface area (Å²) in [6, 6.07) is 6.19. The van der Waals surface area contributed by atoms with Crippen LogP contribution in [0.5, 0.6) is 0 Å². The van der Waals surface area contributed by atoms with Crippen molar-refractivity contribution in [1.82, 2.24) is 10.6 Å². The Kier molecular flexibility index (Phi) is 11.0. The number of carbonyl (C=O) groups is 2. The van der Waals surface area contributed by atoms with Crippen molar-refractivity contribution in [2.75, 3.05) is 24.6 Å². The molecule has 0 unspecified atom stereocenters. The summed E-state index contributed by atoms with van der Waals surface area (Å²) in [7, 11) is 3.35. The van der Waals surface area contributed by atoms with Crippen molar-refractivity contribution in [3.05, 3.63) is 34.9 Å². The van der Waals surface area contributed by atoms with Crippen molar-refractivity contribution in [3.8, 4) is 0 Å². The van der Waals surface area contributed by atoms with E-state index in [1.54, 1.807) is 21.6 Å². The van der Waals surface area contributed by atoms with E-state index in [0.29, 0.717) is 24.9 Å². The van der Waals surface area contributed by atoms with Gasteiger partial charge in [-0.25, -0.2) is 4.79 Å². The second kappa shape index (κ2) is 12.4. The number of hydrogen-bond acceptors (Lipinski definition) is 5. The maximum absolute atomic E-state index is 12.5. The van der Waals surface area contributed by atoms with Crippen LogP contribution in [-0.4, -0.2) is 42.2 Å². The molecule has 0 spiro atoms. The summed E-state index contributed by atoms with van der Waals surface area (Å²) in [5.41, 5.74) is 2.65. The van der Waals surface area contributed by atoms with E-state index in [0.717, 1.165) is 17.1 Å². The standard InChI is InChI=1S/C22H36N2O3S2.2H2/c1-15(2)17-12-18(16(3)4)14-19(13-17)20(25)23-8-10-28-29-11-9-24-21(26)27-22(5,6)7;;/h12-16H,8-11H2,1-7H3,(H,23,25)(H,24,26);2*1H. The lowest BCUT2D eigenvalue weighted by Crippen LogP contribution is -2.33. The number of nitrogens with one attached hydrogen (secondary N) is 2. The molecule has 0 aliphatic carbocycles. The average Bonchev–Trinajstić information content (AvgIpc) is 2.61. The molecule has 0 heterocycles. The van der Waals surface area contributed by atoms with E-state index in [1.807, 2.05) is 32.9 Å². The largest absolute Gasteiger partial charge is 0.444 e. The summed E-state index contributed by atoms with van der Waals surface area (Å²) in [6.07, 6.45) is -0.389. The quantitative estimate of drug-likeness (QED) is 0.339. The van der Waals surface area contributed by atoms with Crippen molar-refractivity contribution in [2.24, 2.45) is 0 Å². The first-order valence-electron chi connectivity index (χ1n) is 10.1. The molecule has 0 atom stereocenters. The van der Waals surface area contributed by atoms with E-state index >= 15 is 0 Å². The molecule has 1 rings (SSSR count). The summed E-state index contributed by atoms with van der Waals surface area (Å²) in [6.45, 7) is 15.3. The SMILES string of the molecule is CC(C)c1cc(C(=O)NCCSSCCNC(=O)OC(C)(C)C)cc(C(C)C)c1.[HH].[HH]. The first-order valence-corrected chi connectivity index (χ1v) is 12.6. The summed E-state index contributed by atoms with van der Waals surface area (Å²) in [5, 5.41) is 5.74. The minimum absolute atomic E-state index is 0. The molecule has 0 aliphatic heterocycles. The van der Waals surface area contributed by atoms with Crippen molar-refractivity contribution < 1.29 is 17.2 Å². The van der Waals surface area contributed by atoms with E-state index in [9.17, 15) is 9.59 Å². The van der Waals surface area contributed by atoms with Crippen LogP contribution >= 0.6 is 21.6 Å². The van der Waals surface area contributed by atoms with Crippen molar-refractivity contribution in [3.63, 3.8) is 0 Å². The molecule has 0 aromatic heterocycles. The van der Waals surface area contributed by atoms with Crippen molar-refractivity contribution in [2.45, 2.75) is 65.9 Å². The van der Waals surface area contributed by atoms with Crippen LogP contribution in [-0.2, 0) is 4.74 Å². The Bertz CT molecular complexity index is 655. The molecule has 2 N–H and O–H groups in total. The van der Waals surface area contributed by atoms with Crippen LogP contribution in [0, 0.1) is 0 Å². The van der Waals surface area contributed by atoms with Crippen LogP contribution in [0.4, 0.5) is 4.79 Å². The van der Waals surface area contributed by atoms with Gasteiger partial charge in [0.05, 0.1) is 0 Å². The van der Waals surface area contributed by atoms with Gasteiger partial charge in [-0.1, -0.05) is 55.3 Å². The molecule has 0 fully saturated rings. The number of hydrogen-bond donors (Lipinski definition) is 2. The first kappa shape index (κ1) is 25.7. The van der Waals surface area contributed by atoms with Gasteiger partial charge < -0.3 is 15.4 Å². The van der Waals surface area contributed by atoms with Crippen LogP contribution in [0.1, 0.15) is 84.6 Å². The molecular weight excluding hydrogens is 404 g/mol. The molecule has 168 valence electrons. The summed E-state index contributed by atoms with van der Waals surface area (Å²) < 4.78 is 5.18. The number of rotatable bonds is 10. The highest BCUT2D eigenvalue weighted by atomic mass is 33.1. The van der Waals surface area contributed by atoms with Gasteiger partial charge in [-0.3, -0.25) is 4.79 Å². The molecule has 7 heteroatoms. The Balaban J connectivity index is 0. The molecule has 1 aromatic carbocycles. The normalized spacial score (nSPS) is 11.6. The highest BCUT2D eigenvalue weighted by molar-refractivity contribution is 8.76. The van der Waals surface area contributed by atoms with Gasteiger partial charge in [0.1, 0.15) is 5.60 Å². The summed E-state index contributed by atoms with van der Waals surface area (Å²) >= 11 is 0. The van der Waals surface area contributed by atoms with Gasteiger partial charge in [-0.2, -0.15) is 0 Å². The maximum atomic E-state index is 12.5. The fraction of sp³-hybridized carbons (Fsp3) is 0.636. The molecule has 0 bridgehead atoms. The lowest BCUT2D eigenvalue weighted by molar-refractivity contribution is 0.0531. The number of amides is 2. The molecule has 29 heavy (non-hydrogen) atoms. The molecule has 2 amide bonds. The zero-order valence-corrected chi connectivity index (χ0v) is 20.4. The fourth-order valence-electron chi connectivity index (χ4n) is 2.41. The Morgan fingerprint density at radius 1 is 0.931 bits per heavy atom. The van der Waals surface area contributed by atoms with Crippen LogP contribution in [0.25, 0.3) is 0 Å². The van der Waals surface area contributed by atoms with E-state index in [1.165, 1.54) is 11.1 Å². The number of carbonyl (C=O) groups excluding carboxylic acids is 2. The predicted molar refractivity (Wildman–Crippen MR) is 130 cm³/mol. The Labute approximate surface area is 186 Å². The van der Waals surface area contributed by atoms with Gasteiger partial charge in [-0.05, 0) is 55.9 Å². The zero-order chi connectivity index (χ0) is 22.0.